The van der Waals surface area contributed by atoms with Crippen LogP contribution in [0.3, 0.4) is 0 Å². The van der Waals surface area contributed by atoms with Crippen molar-refractivity contribution in [1.29, 1.82) is 0 Å². The third kappa shape index (κ3) is 3.34. The van der Waals surface area contributed by atoms with E-state index in [-0.39, 0.29) is 12.4 Å². The van der Waals surface area contributed by atoms with Crippen LogP contribution >= 0.6 is 0 Å². The minimum Gasteiger partial charge on any atom is -0.330 e. The van der Waals surface area contributed by atoms with Gasteiger partial charge in [-0.1, -0.05) is 24.3 Å². The van der Waals surface area contributed by atoms with E-state index < -0.39 is 11.8 Å². The van der Waals surface area contributed by atoms with E-state index in [1.54, 1.807) is 37.5 Å². The number of aryl methyl sites for hydroxylation is 1. The zero-order valence-electron chi connectivity index (χ0n) is 13.2. The van der Waals surface area contributed by atoms with Crippen molar-refractivity contribution in [3.8, 4) is 0 Å². The van der Waals surface area contributed by atoms with Gasteiger partial charge >= 0.3 is 11.8 Å². The molecule has 1 aromatic carbocycles. The molecule has 6 nitrogen and oxygen atoms in total. The van der Waals surface area contributed by atoms with E-state index in [0.717, 1.165) is 5.57 Å². The smallest absolute Gasteiger partial charge is 0.314 e. The first kappa shape index (κ1) is 15.9. The first-order valence-electron chi connectivity index (χ1n) is 7.57. The Bertz CT molecular complexity index is 812. The fourth-order valence-corrected chi connectivity index (χ4v) is 2.63. The quantitative estimate of drug-likeness (QED) is 0.855. The number of carbonyl (C=O) groups is 2. The van der Waals surface area contributed by atoms with Crippen LogP contribution in [0.25, 0.3) is 5.57 Å². The van der Waals surface area contributed by atoms with Crippen molar-refractivity contribution in [2.45, 2.75) is 6.42 Å². The maximum absolute atomic E-state index is 13.8. The fourth-order valence-electron chi connectivity index (χ4n) is 2.63. The number of nitrogens with zero attached hydrogens (tertiary/aromatic N) is 3. The van der Waals surface area contributed by atoms with Gasteiger partial charge in [0.15, 0.2) is 0 Å². The maximum Gasteiger partial charge on any atom is 0.314 e. The highest BCUT2D eigenvalue weighted by Crippen LogP contribution is 2.24. The van der Waals surface area contributed by atoms with Crippen molar-refractivity contribution in [2.24, 2.45) is 7.05 Å². The van der Waals surface area contributed by atoms with Crippen molar-refractivity contribution >= 4 is 23.1 Å². The number of rotatable bonds is 2. The zero-order valence-corrected chi connectivity index (χ0v) is 13.2. The van der Waals surface area contributed by atoms with Gasteiger partial charge in [-0.05, 0) is 18.1 Å². The van der Waals surface area contributed by atoms with Gasteiger partial charge in [0.05, 0.1) is 11.9 Å². The summed E-state index contributed by atoms with van der Waals surface area (Å²) in [6.07, 6.45) is 5.37. The molecule has 124 valence electrons. The Hall–Kier alpha value is -2.96. The van der Waals surface area contributed by atoms with Gasteiger partial charge in [0.2, 0.25) is 0 Å². The predicted molar refractivity (Wildman–Crippen MR) is 87.4 cm³/mol. The lowest BCUT2D eigenvalue weighted by Crippen LogP contribution is -2.41. The molecule has 0 saturated carbocycles. The molecule has 0 fully saturated rings. The first-order chi connectivity index (χ1) is 11.5. The van der Waals surface area contributed by atoms with Crippen LogP contribution in [0.15, 0.2) is 42.7 Å². The second kappa shape index (κ2) is 6.66. The summed E-state index contributed by atoms with van der Waals surface area (Å²) < 4.78 is 15.3. The normalized spacial score (nSPS) is 14.2. The van der Waals surface area contributed by atoms with E-state index in [9.17, 15) is 14.0 Å². The van der Waals surface area contributed by atoms with Crippen LogP contribution in [0, 0.1) is 5.82 Å². The molecule has 0 atom stereocenters. The lowest BCUT2D eigenvalue weighted by atomic mass is 9.99. The fraction of sp³-hybridized carbons (Fsp3) is 0.235. The molecule has 2 aromatic rings. The average molecular weight is 328 g/mol. The molecule has 0 radical (unpaired) electrons. The van der Waals surface area contributed by atoms with Gasteiger partial charge in [-0.15, -0.1) is 0 Å². The maximum atomic E-state index is 13.8. The third-order valence-electron chi connectivity index (χ3n) is 3.87. The molecule has 1 aliphatic rings. The molecule has 0 bridgehead atoms. The van der Waals surface area contributed by atoms with Crippen LogP contribution in [0.4, 0.5) is 10.1 Å². The number of anilines is 1. The Morgan fingerprint density at radius 1 is 1.29 bits per heavy atom. The lowest BCUT2D eigenvalue weighted by Gasteiger charge is -2.26. The van der Waals surface area contributed by atoms with Crippen molar-refractivity contribution in [3.63, 3.8) is 0 Å². The molecule has 2 heterocycles. The van der Waals surface area contributed by atoms with Crippen molar-refractivity contribution in [3.05, 3.63) is 54.1 Å². The standard InChI is InChI=1S/C17H17FN4O2/c1-21-11-13(10-19-21)20-16(23)17(24)22-8-6-12(7-9-22)14-4-2-3-5-15(14)18/h2-6,10-11H,7-9H2,1H3,(H,20,23). The van der Waals surface area contributed by atoms with Gasteiger partial charge < -0.3 is 10.2 Å². The monoisotopic (exact) mass is 328 g/mol. The Labute approximate surface area is 138 Å². The number of aromatic nitrogens is 2. The molecule has 1 aliphatic heterocycles. The van der Waals surface area contributed by atoms with E-state index in [1.807, 2.05) is 0 Å². The summed E-state index contributed by atoms with van der Waals surface area (Å²) >= 11 is 0. The summed E-state index contributed by atoms with van der Waals surface area (Å²) in [6, 6.07) is 6.54. The summed E-state index contributed by atoms with van der Waals surface area (Å²) in [7, 11) is 1.72. The highest BCUT2D eigenvalue weighted by Gasteiger charge is 2.24. The van der Waals surface area contributed by atoms with Gasteiger partial charge in [0, 0.05) is 31.9 Å². The zero-order chi connectivity index (χ0) is 17.1. The SMILES string of the molecule is Cn1cc(NC(=O)C(=O)N2CC=C(c3ccccc3F)CC2)cn1. The molecular weight excluding hydrogens is 311 g/mol. The van der Waals surface area contributed by atoms with E-state index in [1.165, 1.54) is 21.8 Å². The average Bonchev–Trinajstić information content (AvgIpc) is 2.99. The predicted octanol–water partition coefficient (Wildman–Crippen LogP) is 1.81. The van der Waals surface area contributed by atoms with Crippen LogP contribution in [0.2, 0.25) is 0 Å². The third-order valence-corrected chi connectivity index (χ3v) is 3.87. The van der Waals surface area contributed by atoms with Gasteiger partial charge in [-0.3, -0.25) is 14.3 Å². The van der Waals surface area contributed by atoms with Gasteiger partial charge in [-0.25, -0.2) is 4.39 Å². The Morgan fingerprint density at radius 2 is 2.08 bits per heavy atom. The van der Waals surface area contributed by atoms with Gasteiger partial charge in [0.1, 0.15) is 5.82 Å². The van der Waals surface area contributed by atoms with Crippen LogP contribution < -0.4 is 5.32 Å². The summed E-state index contributed by atoms with van der Waals surface area (Å²) in [5, 5.41) is 6.44. The molecule has 24 heavy (non-hydrogen) atoms. The molecule has 0 spiro atoms. The highest BCUT2D eigenvalue weighted by molar-refractivity contribution is 6.39. The van der Waals surface area contributed by atoms with Gasteiger partial charge in [0.25, 0.3) is 0 Å². The number of nitrogens with one attached hydrogen (secondary N) is 1. The second-order valence-corrected chi connectivity index (χ2v) is 5.57. The number of halogens is 1. The van der Waals surface area contributed by atoms with Crippen LogP contribution in [0.1, 0.15) is 12.0 Å². The molecule has 2 amide bonds. The molecule has 0 saturated heterocycles. The van der Waals surface area contributed by atoms with Crippen LogP contribution in [0.5, 0.6) is 0 Å². The number of hydrogen-bond donors (Lipinski definition) is 1. The van der Waals surface area contributed by atoms with Crippen molar-refractivity contribution < 1.29 is 14.0 Å². The summed E-state index contributed by atoms with van der Waals surface area (Å²) in [5.74, 6) is -1.59. The van der Waals surface area contributed by atoms with E-state index in [4.69, 9.17) is 0 Å². The van der Waals surface area contributed by atoms with E-state index in [0.29, 0.717) is 24.2 Å². The minimum atomic E-state index is -0.703. The highest BCUT2D eigenvalue weighted by atomic mass is 19.1. The topological polar surface area (TPSA) is 67.2 Å². The molecule has 0 aliphatic carbocycles. The van der Waals surface area contributed by atoms with E-state index in [2.05, 4.69) is 10.4 Å². The van der Waals surface area contributed by atoms with E-state index >= 15 is 0 Å². The molecule has 1 aromatic heterocycles. The molecule has 7 heteroatoms. The number of carbonyl (C=O) groups excluding carboxylic acids is 2. The number of benzene rings is 1. The molecule has 1 N–H and O–H groups in total. The largest absolute Gasteiger partial charge is 0.330 e. The summed E-state index contributed by atoms with van der Waals surface area (Å²) in [6.45, 7) is 0.655. The lowest BCUT2D eigenvalue weighted by molar-refractivity contribution is -0.142. The summed E-state index contributed by atoms with van der Waals surface area (Å²) in [4.78, 5) is 25.6. The molecule has 0 unspecified atom stereocenters. The van der Waals surface area contributed by atoms with Crippen LogP contribution in [-0.4, -0.2) is 39.6 Å². The van der Waals surface area contributed by atoms with Crippen LogP contribution in [-0.2, 0) is 16.6 Å². The Balaban J connectivity index is 1.64. The molecule has 3 rings (SSSR count). The number of amides is 2. The van der Waals surface area contributed by atoms with Crippen molar-refractivity contribution in [2.75, 3.05) is 18.4 Å². The Kier molecular flexibility index (Phi) is 4.41. The second-order valence-electron chi connectivity index (χ2n) is 5.57. The Morgan fingerprint density at radius 3 is 2.71 bits per heavy atom. The first-order valence-corrected chi connectivity index (χ1v) is 7.57. The number of hydrogen-bond acceptors (Lipinski definition) is 3. The van der Waals surface area contributed by atoms with Crippen molar-refractivity contribution in [1.82, 2.24) is 14.7 Å². The molecular formula is C17H17FN4O2. The van der Waals surface area contributed by atoms with Gasteiger partial charge in [-0.2, -0.15) is 5.10 Å². The minimum absolute atomic E-state index is 0.280. The summed E-state index contributed by atoms with van der Waals surface area (Å²) in [5.41, 5.74) is 1.87.